The zero-order valence-corrected chi connectivity index (χ0v) is 11.6. The number of halogens is 1. The predicted octanol–water partition coefficient (Wildman–Crippen LogP) is 1.92. The number of carbonyl (C=O) groups excluding carboxylic acids is 1. The van der Waals surface area contributed by atoms with Crippen LogP contribution in [0.25, 0.3) is 0 Å². The highest BCUT2D eigenvalue weighted by Crippen LogP contribution is 2.22. The minimum absolute atomic E-state index is 0.233. The molecular weight excluding hydrogens is 266 g/mol. The van der Waals surface area contributed by atoms with Crippen molar-refractivity contribution >= 4 is 28.9 Å². The van der Waals surface area contributed by atoms with Crippen molar-refractivity contribution in [3.05, 3.63) is 34.4 Å². The lowest BCUT2D eigenvalue weighted by atomic mass is 10.2. The molecule has 3 N–H and O–H groups in total. The second kappa shape index (κ2) is 4.89. The van der Waals surface area contributed by atoms with Gasteiger partial charge in [0, 0.05) is 13.2 Å². The van der Waals surface area contributed by atoms with Gasteiger partial charge in [0.25, 0.3) is 5.91 Å². The van der Waals surface area contributed by atoms with E-state index in [4.69, 9.17) is 17.3 Å². The quantitative estimate of drug-likeness (QED) is 0.823. The van der Waals surface area contributed by atoms with Crippen LogP contribution in [0.15, 0.2) is 12.3 Å². The summed E-state index contributed by atoms with van der Waals surface area (Å²) in [6.07, 6.45) is 1.63. The largest absolute Gasteiger partial charge is 0.395 e. The molecule has 0 spiro atoms. The first-order chi connectivity index (χ1) is 8.90. The lowest BCUT2D eigenvalue weighted by Gasteiger charge is -2.08. The maximum absolute atomic E-state index is 12.2. The fourth-order valence-electron chi connectivity index (χ4n) is 1.77. The second-order valence-corrected chi connectivity index (χ2v) is 4.63. The Morgan fingerprint density at radius 1 is 1.47 bits per heavy atom. The number of aryl methyl sites for hydroxylation is 3. The van der Waals surface area contributed by atoms with Crippen molar-refractivity contribution in [2.75, 3.05) is 11.1 Å². The van der Waals surface area contributed by atoms with Gasteiger partial charge in [0.15, 0.2) is 5.15 Å². The first kappa shape index (κ1) is 13.4. The number of carbonyl (C=O) groups is 1. The number of aromatic nitrogens is 3. The van der Waals surface area contributed by atoms with Gasteiger partial charge in [-0.3, -0.25) is 9.48 Å². The Morgan fingerprint density at radius 3 is 2.74 bits per heavy atom. The van der Waals surface area contributed by atoms with Crippen LogP contribution < -0.4 is 11.1 Å². The van der Waals surface area contributed by atoms with Gasteiger partial charge in [0.2, 0.25) is 0 Å². The molecule has 2 heterocycles. The normalized spacial score (nSPS) is 10.5. The predicted molar refractivity (Wildman–Crippen MR) is 74.3 cm³/mol. The summed E-state index contributed by atoms with van der Waals surface area (Å²) in [6, 6.07) is 1.74. The van der Waals surface area contributed by atoms with E-state index < -0.39 is 0 Å². The molecular formula is C12H14ClN5O. The van der Waals surface area contributed by atoms with Crippen molar-refractivity contribution < 1.29 is 4.79 Å². The van der Waals surface area contributed by atoms with E-state index in [2.05, 4.69) is 15.4 Å². The number of nitrogens with zero attached hydrogens (tertiary/aromatic N) is 3. The average Bonchev–Trinajstić information content (AvgIpc) is 2.58. The fourth-order valence-corrected chi connectivity index (χ4v) is 1.92. The van der Waals surface area contributed by atoms with Crippen LogP contribution in [0, 0.1) is 13.8 Å². The topological polar surface area (TPSA) is 85.8 Å². The molecule has 0 unspecified atom stereocenters. The van der Waals surface area contributed by atoms with Crippen molar-refractivity contribution in [2.24, 2.45) is 7.05 Å². The number of pyridine rings is 1. The highest BCUT2D eigenvalue weighted by molar-refractivity contribution is 6.32. The van der Waals surface area contributed by atoms with Crippen LogP contribution in [-0.4, -0.2) is 20.7 Å². The molecule has 0 aromatic carbocycles. The maximum Gasteiger partial charge on any atom is 0.276 e. The molecule has 7 heteroatoms. The number of rotatable bonds is 2. The van der Waals surface area contributed by atoms with E-state index in [0.29, 0.717) is 22.8 Å². The molecule has 0 saturated carbocycles. The first-order valence-corrected chi connectivity index (χ1v) is 6.00. The van der Waals surface area contributed by atoms with Crippen LogP contribution in [0.5, 0.6) is 0 Å². The van der Waals surface area contributed by atoms with E-state index in [1.54, 1.807) is 26.2 Å². The molecule has 100 valence electrons. The standard InChI is InChI=1S/C12H14ClN5O/c1-6-4-8(11(13)15-5-6)16-12(19)10-9(14)7(2)17-18(10)3/h4-5H,14H2,1-3H3,(H,16,19). The highest BCUT2D eigenvalue weighted by Gasteiger charge is 2.19. The van der Waals surface area contributed by atoms with Crippen molar-refractivity contribution in [1.29, 1.82) is 0 Å². The molecule has 19 heavy (non-hydrogen) atoms. The summed E-state index contributed by atoms with van der Waals surface area (Å²) < 4.78 is 1.44. The Balaban J connectivity index is 2.33. The van der Waals surface area contributed by atoms with Crippen molar-refractivity contribution in [3.8, 4) is 0 Å². The molecule has 2 aromatic heterocycles. The van der Waals surface area contributed by atoms with Gasteiger partial charge in [0.05, 0.1) is 17.1 Å². The molecule has 6 nitrogen and oxygen atoms in total. The summed E-state index contributed by atoms with van der Waals surface area (Å²) in [4.78, 5) is 16.2. The van der Waals surface area contributed by atoms with E-state index in [0.717, 1.165) is 5.56 Å². The van der Waals surface area contributed by atoms with Gasteiger partial charge in [-0.25, -0.2) is 4.98 Å². The number of nitrogens with two attached hydrogens (primary N) is 1. The van der Waals surface area contributed by atoms with E-state index in [9.17, 15) is 4.79 Å². The summed E-state index contributed by atoms with van der Waals surface area (Å²) in [5, 5.41) is 7.02. The Morgan fingerprint density at radius 2 is 2.16 bits per heavy atom. The van der Waals surface area contributed by atoms with Gasteiger partial charge < -0.3 is 11.1 Å². The maximum atomic E-state index is 12.2. The van der Waals surface area contributed by atoms with E-state index in [1.807, 2.05) is 6.92 Å². The Labute approximate surface area is 115 Å². The smallest absolute Gasteiger partial charge is 0.276 e. The number of hydrogen-bond acceptors (Lipinski definition) is 4. The van der Waals surface area contributed by atoms with Crippen molar-refractivity contribution in [2.45, 2.75) is 13.8 Å². The van der Waals surface area contributed by atoms with Gasteiger partial charge in [-0.1, -0.05) is 11.6 Å². The van der Waals surface area contributed by atoms with Gasteiger partial charge >= 0.3 is 0 Å². The number of anilines is 2. The minimum atomic E-state index is -0.366. The van der Waals surface area contributed by atoms with E-state index in [-0.39, 0.29) is 11.1 Å². The molecule has 0 bridgehead atoms. The molecule has 0 fully saturated rings. The van der Waals surface area contributed by atoms with Crippen molar-refractivity contribution in [1.82, 2.24) is 14.8 Å². The number of nitrogens with one attached hydrogen (secondary N) is 1. The van der Waals surface area contributed by atoms with Crippen molar-refractivity contribution in [3.63, 3.8) is 0 Å². The third-order valence-corrected chi connectivity index (χ3v) is 3.01. The summed E-state index contributed by atoms with van der Waals surface area (Å²) in [5.41, 5.74) is 8.45. The summed E-state index contributed by atoms with van der Waals surface area (Å²) in [7, 11) is 1.66. The average molecular weight is 280 g/mol. The Hall–Kier alpha value is -2.08. The zero-order valence-electron chi connectivity index (χ0n) is 10.9. The van der Waals surface area contributed by atoms with Crippen LogP contribution >= 0.6 is 11.6 Å². The number of amides is 1. The summed E-state index contributed by atoms with van der Waals surface area (Å²) in [6.45, 7) is 3.61. The van der Waals surface area contributed by atoms with Gasteiger partial charge in [-0.15, -0.1) is 0 Å². The van der Waals surface area contributed by atoms with Crippen LogP contribution in [0.1, 0.15) is 21.7 Å². The Bertz CT molecular complexity index is 650. The molecule has 2 rings (SSSR count). The molecule has 0 aliphatic carbocycles. The lowest BCUT2D eigenvalue weighted by molar-refractivity contribution is 0.101. The molecule has 0 aliphatic heterocycles. The van der Waals surface area contributed by atoms with Gasteiger partial charge in [0.1, 0.15) is 5.69 Å². The minimum Gasteiger partial charge on any atom is -0.395 e. The molecule has 0 aliphatic rings. The first-order valence-electron chi connectivity index (χ1n) is 5.62. The molecule has 0 saturated heterocycles. The zero-order chi connectivity index (χ0) is 14.2. The van der Waals surface area contributed by atoms with Crippen LogP contribution in [0.4, 0.5) is 11.4 Å². The molecule has 1 amide bonds. The Kier molecular flexibility index (Phi) is 3.44. The van der Waals surface area contributed by atoms with E-state index in [1.165, 1.54) is 4.68 Å². The van der Waals surface area contributed by atoms with Gasteiger partial charge in [-0.2, -0.15) is 5.10 Å². The third-order valence-electron chi connectivity index (χ3n) is 2.71. The lowest BCUT2D eigenvalue weighted by Crippen LogP contribution is -2.18. The fraction of sp³-hybridized carbons (Fsp3) is 0.250. The molecule has 2 aromatic rings. The van der Waals surface area contributed by atoms with Gasteiger partial charge in [-0.05, 0) is 25.5 Å². The van der Waals surface area contributed by atoms with Crippen LogP contribution in [0.2, 0.25) is 5.15 Å². The SMILES string of the molecule is Cc1cnc(Cl)c(NC(=O)c2c(N)c(C)nn2C)c1. The number of nitrogen functional groups attached to an aromatic ring is 1. The molecule has 0 radical (unpaired) electrons. The highest BCUT2D eigenvalue weighted by atomic mass is 35.5. The van der Waals surface area contributed by atoms with E-state index >= 15 is 0 Å². The number of hydrogen-bond donors (Lipinski definition) is 2. The second-order valence-electron chi connectivity index (χ2n) is 4.28. The van der Waals surface area contributed by atoms with Crippen LogP contribution in [-0.2, 0) is 7.05 Å². The molecule has 0 atom stereocenters. The monoisotopic (exact) mass is 279 g/mol. The summed E-state index contributed by atoms with van der Waals surface area (Å²) in [5.74, 6) is -0.366. The third kappa shape index (κ3) is 2.53. The van der Waals surface area contributed by atoms with Crippen LogP contribution in [0.3, 0.4) is 0 Å². The summed E-state index contributed by atoms with van der Waals surface area (Å²) >= 11 is 5.93.